The van der Waals surface area contributed by atoms with Gasteiger partial charge in [0, 0.05) is 17.3 Å². The molecule has 0 heterocycles. The zero-order valence-corrected chi connectivity index (χ0v) is 12.0. The molecule has 1 saturated carbocycles. The highest BCUT2D eigenvalue weighted by Gasteiger charge is 2.29. The van der Waals surface area contributed by atoms with Crippen molar-refractivity contribution in [2.24, 2.45) is 11.8 Å². The molecule has 0 aliphatic heterocycles. The average molecular weight is 290 g/mol. The molecule has 1 aliphatic rings. The van der Waals surface area contributed by atoms with Gasteiger partial charge in [0.2, 0.25) is 11.8 Å². The summed E-state index contributed by atoms with van der Waals surface area (Å²) >= 11 is 0. The highest BCUT2D eigenvalue weighted by molar-refractivity contribution is 6.04. The molecule has 0 saturated heterocycles. The number of anilines is 2. The molecule has 1 aromatic rings. The number of carboxylic acids is 1. The first-order chi connectivity index (χ1) is 9.88. The minimum atomic E-state index is -1.18. The van der Waals surface area contributed by atoms with Crippen molar-refractivity contribution in [3.63, 3.8) is 0 Å². The zero-order valence-electron chi connectivity index (χ0n) is 12.0. The average Bonchev–Trinajstić information content (AvgIpc) is 3.25. The van der Waals surface area contributed by atoms with Crippen LogP contribution in [0.25, 0.3) is 0 Å². The largest absolute Gasteiger partial charge is 0.481 e. The number of carbonyl (C=O) groups excluding carboxylic acids is 2. The van der Waals surface area contributed by atoms with Crippen LogP contribution >= 0.6 is 0 Å². The third-order valence-electron chi connectivity index (χ3n) is 3.47. The number of rotatable bonds is 5. The smallest absolute Gasteiger partial charge is 0.315 e. The molecule has 0 spiro atoms. The molecule has 112 valence electrons. The maximum atomic E-state index is 11.8. The highest BCUT2D eigenvalue weighted by Crippen LogP contribution is 2.30. The third kappa shape index (κ3) is 3.81. The maximum Gasteiger partial charge on any atom is 0.315 e. The van der Waals surface area contributed by atoms with Gasteiger partial charge < -0.3 is 15.7 Å². The van der Waals surface area contributed by atoms with Gasteiger partial charge in [0.15, 0.2) is 0 Å². The van der Waals surface area contributed by atoms with Crippen molar-refractivity contribution >= 4 is 29.2 Å². The van der Waals surface area contributed by atoms with Gasteiger partial charge in [0.25, 0.3) is 0 Å². The van der Waals surface area contributed by atoms with Crippen LogP contribution in [0.3, 0.4) is 0 Å². The first kappa shape index (κ1) is 15.0. The van der Waals surface area contributed by atoms with Crippen molar-refractivity contribution in [1.29, 1.82) is 0 Å². The summed E-state index contributed by atoms with van der Waals surface area (Å²) in [6, 6.07) is 5.16. The van der Waals surface area contributed by atoms with E-state index in [1.54, 1.807) is 25.1 Å². The lowest BCUT2D eigenvalue weighted by atomic mass is 10.1. The number of amides is 2. The summed E-state index contributed by atoms with van der Waals surface area (Å²) in [6.45, 7) is 3.12. The first-order valence-electron chi connectivity index (χ1n) is 6.83. The second kappa shape index (κ2) is 5.95. The second-order valence-corrected chi connectivity index (χ2v) is 5.34. The van der Waals surface area contributed by atoms with E-state index in [1.807, 2.05) is 0 Å². The van der Waals surface area contributed by atoms with Gasteiger partial charge in [0.1, 0.15) is 5.92 Å². The number of hydrogen-bond donors (Lipinski definition) is 3. The Balaban J connectivity index is 2.09. The molecule has 1 aromatic carbocycles. The number of benzene rings is 1. The molecule has 1 aliphatic carbocycles. The molecule has 1 unspecified atom stereocenters. The van der Waals surface area contributed by atoms with E-state index in [-0.39, 0.29) is 11.8 Å². The maximum absolute atomic E-state index is 11.8. The third-order valence-corrected chi connectivity index (χ3v) is 3.47. The van der Waals surface area contributed by atoms with Crippen LogP contribution in [0.15, 0.2) is 18.2 Å². The van der Waals surface area contributed by atoms with Gasteiger partial charge >= 0.3 is 5.97 Å². The van der Waals surface area contributed by atoms with E-state index in [0.29, 0.717) is 11.4 Å². The molecule has 0 radical (unpaired) electrons. The van der Waals surface area contributed by atoms with Crippen LogP contribution in [0, 0.1) is 18.8 Å². The standard InChI is InChI=1S/C15H18N2O4/c1-8-3-6-11(16-14(19)10-4-5-10)7-12(8)17-13(18)9(2)15(20)21/h3,6-7,9-10H,4-5H2,1-2H3,(H,16,19)(H,17,18)(H,20,21). The van der Waals surface area contributed by atoms with Crippen molar-refractivity contribution in [2.75, 3.05) is 10.6 Å². The Morgan fingerprint density at radius 2 is 1.90 bits per heavy atom. The molecule has 2 rings (SSSR count). The quantitative estimate of drug-likeness (QED) is 0.723. The van der Waals surface area contributed by atoms with Crippen LogP contribution < -0.4 is 10.6 Å². The molecular formula is C15H18N2O4. The fourth-order valence-corrected chi connectivity index (χ4v) is 1.78. The summed E-state index contributed by atoms with van der Waals surface area (Å²) < 4.78 is 0. The van der Waals surface area contributed by atoms with Crippen molar-refractivity contribution in [3.05, 3.63) is 23.8 Å². The Morgan fingerprint density at radius 1 is 1.24 bits per heavy atom. The molecular weight excluding hydrogens is 272 g/mol. The summed E-state index contributed by atoms with van der Waals surface area (Å²) in [7, 11) is 0. The Bertz CT molecular complexity index is 593. The molecule has 2 amide bonds. The Morgan fingerprint density at radius 3 is 2.48 bits per heavy atom. The molecule has 0 bridgehead atoms. The molecule has 1 fully saturated rings. The number of carboxylic acid groups (broad SMARTS) is 1. The SMILES string of the molecule is Cc1ccc(NC(=O)C2CC2)cc1NC(=O)C(C)C(=O)O. The van der Waals surface area contributed by atoms with Gasteiger partial charge in [-0.25, -0.2) is 0 Å². The number of hydrogen-bond acceptors (Lipinski definition) is 3. The molecule has 0 aromatic heterocycles. The predicted octanol–water partition coefficient (Wildman–Crippen LogP) is 2.00. The van der Waals surface area contributed by atoms with Gasteiger partial charge in [-0.3, -0.25) is 14.4 Å². The fourth-order valence-electron chi connectivity index (χ4n) is 1.78. The minimum Gasteiger partial charge on any atom is -0.481 e. The summed E-state index contributed by atoms with van der Waals surface area (Å²) in [6.07, 6.45) is 1.83. The Labute approximate surface area is 122 Å². The van der Waals surface area contributed by atoms with Crippen LogP contribution in [0.5, 0.6) is 0 Å². The first-order valence-corrected chi connectivity index (χ1v) is 6.83. The molecule has 6 heteroatoms. The van der Waals surface area contributed by atoms with Gasteiger partial charge in [0.05, 0.1) is 0 Å². The summed E-state index contributed by atoms with van der Waals surface area (Å²) in [5.74, 6) is -2.82. The monoisotopic (exact) mass is 290 g/mol. The fraction of sp³-hybridized carbons (Fsp3) is 0.400. The van der Waals surface area contributed by atoms with Crippen LogP contribution in [-0.2, 0) is 14.4 Å². The lowest BCUT2D eigenvalue weighted by molar-refractivity contribution is -0.144. The molecule has 6 nitrogen and oxygen atoms in total. The predicted molar refractivity (Wildman–Crippen MR) is 78.0 cm³/mol. The minimum absolute atomic E-state index is 0.0185. The van der Waals surface area contributed by atoms with Crippen LogP contribution in [0.1, 0.15) is 25.3 Å². The van der Waals surface area contributed by atoms with E-state index in [0.717, 1.165) is 18.4 Å². The van der Waals surface area contributed by atoms with E-state index in [9.17, 15) is 14.4 Å². The molecule has 21 heavy (non-hydrogen) atoms. The van der Waals surface area contributed by atoms with Crippen LogP contribution in [0.4, 0.5) is 11.4 Å². The molecule has 1 atom stereocenters. The highest BCUT2D eigenvalue weighted by atomic mass is 16.4. The van der Waals surface area contributed by atoms with Crippen LogP contribution in [-0.4, -0.2) is 22.9 Å². The van der Waals surface area contributed by atoms with Gasteiger partial charge in [-0.15, -0.1) is 0 Å². The van der Waals surface area contributed by atoms with Crippen molar-refractivity contribution < 1.29 is 19.5 Å². The Kier molecular flexibility index (Phi) is 4.26. The van der Waals surface area contributed by atoms with E-state index in [4.69, 9.17) is 5.11 Å². The van der Waals surface area contributed by atoms with E-state index in [2.05, 4.69) is 10.6 Å². The second-order valence-electron chi connectivity index (χ2n) is 5.34. The van der Waals surface area contributed by atoms with E-state index < -0.39 is 17.8 Å². The number of aliphatic carboxylic acids is 1. The zero-order chi connectivity index (χ0) is 15.6. The van der Waals surface area contributed by atoms with E-state index in [1.165, 1.54) is 6.92 Å². The number of carbonyl (C=O) groups is 3. The summed E-state index contributed by atoms with van der Waals surface area (Å²) in [5.41, 5.74) is 1.89. The summed E-state index contributed by atoms with van der Waals surface area (Å²) in [5, 5.41) is 14.2. The van der Waals surface area contributed by atoms with Crippen molar-refractivity contribution in [2.45, 2.75) is 26.7 Å². The summed E-state index contributed by atoms with van der Waals surface area (Å²) in [4.78, 5) is 34.3. The number of aryl methyl sites for hydroxylation is 1. The van der Waals surface area contributed by atoms with Gasteiger partial charge in [-0.05, 0) is 44.4 Å². The normalized spacial score (nSPS) is 15.1. The Hall–Kier alpha value is -2.37. The van der Waals surface area contributed by atoms with Crippen LogP contribution in [0.2, 0.25) is 0 Å². The van der Waals surface area contributed by atoms with Crippen molar-refractivity contribution in [3.8, 4) is 0 Å². The van der Waals surface area contributed by atoms with Gasteiger partial charge in [-0.1, -0.05) is 6.07 Å². The topological polar surface area (TPSA) is 95.5 Å². The van der Waals surface area contributed by atoms with Crippen molar-refractivity contribution in [1.82, 2.24) is 0 Å². The van der Waals surface area contributed by atoms with E-state index >= 15 is 0 Å². The lowest BCUT2D eigenvalue weighted by Gasteiger charge is -2.13. The number of nitrogens with one attached hydrogen (secondary N) is 2. The molecule has 3 N–H and O–H groups in total. The van der Waals surface area contributed by atoms with Gasteiger partial charge in [-0.2, -0.15) is 0 Å². The lowest BCUT2D eigenvalue weighted by Crippen LogP contribution is -2.27.